The van der Waals surface area contributed by atoms with Gasteiger partial charge in [-0.05, 0) is 62.8 Å². The highest BCUT2D eigenvalue weighted by Crippen LogP contribution is 2.33. The number of rotatable bonds is 7. The molecule has 176 valence electrons. The maximum atomic E-state index is 13.2. The highest BCUT2D eigenvalue weighted by atomic mass is 16.5. The number of aromatic nitrogens is 2. The zero-order valence-corrected chi connectivity index (χ0v) is 19.4. The Hall–Kier alpha value is -3.36. The smallest absolute Gasteiger partial charge is 0.325 e. The van der Waals surface area contributed by atoms with Crippen molar-refractivity contribution in [3.8, 4) is 5.75 Å². The molecule has 33 heavy (non-hydrogen) atoms. The summed E-state index contributed by atoms with van der Waals surface area (Å²) >= 11 is 0. The van der Waals surface area contributed by atoms with Gasteiger partial charge in [0.2, 0.25) is 5.91 Å². The van der Waals surface area contributed by atoms with Crippen molar-refractivity contribution in [2.45, 2.75) is 45.2 Å². The average Bonchev–Trinajstić information content (AvgIpc) is 3.32. The van der Waals surface area contributed by atoms with E-state index in [1.807, 2.05) is 49.1 Å². The summed E-state index contributed by atoms with van der Waals surface area (Å²) in [4.78, 5) is 41.7. The summed E-state index contributed by atoms with van der Waals surface area (Å²) < 4.78 is 6.82. The quantitative estimate of drug-likeness (QED) is 0.647. The summed E-state index contributed by atoms with van der Waals surface area (Å²) in [6, 6.07) is 9.14. The monoisotopic (exact) mass is 453 g/mol. The minimum Gasteiger partial charge on any atom is -0.497 e. The number of piperidine rings is 1. The van der Waals surface area contributed by atoms with Crippen LogP contribution in [0.2, 0.25) is 0 Å². The molecule has 4 amide bonds. The molecule has 2 aliphatic rings. The second-order valence-electron chi connectivity index (χ2n) is 9.00. The highest BCUT2D eigenvalue weighted by Gasteiger charge is 2.52. The minimum atomic E-state index is -0.939. The first-order valence-corrected chi connectivity index (χ1v) is 11.3. The lowest BCUT2D eigenvalue weighted by molar-refractivity contribution is -0.136. The molecule has 1 aromatic carbocycles. The molecular weight excluding hydrogens is 422 g/mol. The largest absolute Gasteiger partial charge is 0.497 e. The zero-order valence-electron chi connectivity index (χ0n) is 19.4. The Balaban J connectivity index is 1.32. The SMILES string of the molecule is COc1ccc(CCN2C(=O)N[C@@](C)(C3CCN(C(=O)Cn4ccc(C)n4)CC3)C2=O)cc1. The number of benzene rings is 1. The lowest BCUT2D eigenvalue weighted by Crippen LogP contribution is -2.54. The second kappa shape index (κ2) is 9.25. The van der Waals surface area contributed by atoms with E-state index < -0.39 is 5.54 Å². The van der Waals surface area contributed by atoms with E-state index in [4.69, 9.17) is 4.74 Å². The number of likely N-dealkylation sites (tertiary alicyclic amines) is 1. The van der Waals surface area contributed by atoms with Gasteiger partial charge in [-0.1, -0.05) is 12.1 Å². The lowest BCUT2D eigenvalue weighted by Gasteiger charge is -2.38. The van der Waals surface area contributed by atoms with Crippen LogP contribution in [0.15, 0.2) is 36.5 Å². The van der Waals surface area contributed by atoms with E-state index in [2.05, 4.69) is 10.4 Å². The highest BCUT2D eigenvalue weighted by molar-refractivity contribution is 6.07. The van der Waals surface area contributed by atoms with E-state index in [1.165, 1.54) is 4.90 Å². The van der Waals surface area contributed by atoms with Gasteiger partial charge in [-0.3, -0.25) is 19.2 Å². The van der Waals surface area contributed by atoms with E-state index in [0.717, 1.165) is 17.0 Å². The fraction of sp³-hybridized carbons (Fsp3) is 0.500. The van der Waals surface area contributed by atoms with Crippen molar-refractivity contribution in [1.82, 2.24) is 24.9 Å². The van der Waals surface area contributed by atoms with Crippen LogP contribution in [-0.2, 0) is 22.6 Å². The molecule has 2 aliphatic heterocycles. The Morgan fingerprint density at radius 1 is 1.18 bits per heavy atom. The van der Waals surface area contributed by atoms with Gasteiger partial charge in [-0.2, -0.15) is 5.10 Å². The number of aryl methyl sites for hydroxylation is 1. The molecule has 4 rings (SSSR count). The van der Waals surface area contributed by atoms with Crippen LogP contribution < -0.4 is 10.1 Å². The number of nitrogens with zero attached hydrogens (tertiary/aromatic N) is 4. The van der Waals surface area contributed by atoms with Gasteiger partial charge < -0.3 is 15.0 Å². The maximum Gasteiger partial charge on any atom is 0.325 e. The number of carbonyl (C=O) groups excluding carboxylic acids is 3. The molecule has 9 heteroatoms. The van der Waals surface area contributed by atoms with Gasteiger partial charge in [-0.15, -0.1) is 0 Å². The molecule has 0 saturated carbocycles. The Morgan fingerprint density at radius 3 is 2.48 bits per heavy atom. The average molecular weight is 454 g/mol. The van der Waals surface area contributed by atoms with Gasteiger partial charge >= 0.3 is 6.03 Å². The summed E-state index contributed by atoms with van der Waals surface area (Å²) in [5.41, 5.74) is 0.969. The number of hydrogen-bond acceptors (Lipinski definition) is 5. The molecule has 0 aliphatic carbocycles. The van der Waals surface area contributed by atoms with Crippen molar-refractivity contribution in [2.75, 3.05) is 26.7 Å². The fourth-order valence-electron chi connectivity index (χ4n) is 4.72. The number of ether oxygens (including phenoxy) is 1. The molecule has 0 spiro atoms. The first-order valence-electron chi connectivity index (χ1n) is 11.3. The van der Waals surface area contributed by atoms with Crippen molar-refractivity contribution in [2.24, 2.45) is 5.92 Å². The van der Waals surface area contributed by atoms with Crippen LogP contribution in [0.5, 0.6) is 5.75 Å². The molecule has 0 radical (unpaired) electrons. The molecule has 9 nitrogen and oxygen atoms in total. The van der Waals surface area contributed by atoms with Crippen molar-refractivity contribution in [3.05, 3.63) is 47.8 Å². The number of urea groups is 1. The third-order valence-corrected chi connectivity index (χ3v) is 6.82. The van der Waals surface area contributed by atoms with Gasteiger partial charge in [0.15, 0.2) is 0 Å². The number of nitrogens with one attached hydrogen (secondary N) is 1. The molecule has 0 unspecified atom stereocenters. The number of amides is 4. The number of methoxy groups -OCH3 is 1. The molecule has 2 saturated heterocycles. The molecule has 2 fully saturated rings. The summed E-state index contributed by atoms with van der Waals surface area (Å²) in [7, 11) is 1.61. The molecule has 1 atom stereocenters. The van der Waals surface area contributed by atoms with E-state index >= 15 is 0 Å². The van der Waals surface area contributed by atoms with Gasteiger partial charge in [-0.25, -0.2) is 4.79 Å². The van der Waals surface area contributed by atoms with E-state index in [1.54, 1.807) is 18.0 Å². The van der Waals surface area contributed by atoms with Gasteiger partial charge in [0.05, 0.1) is 12.8 Å². The van der Waals surface area contributed by atoms with Crippen molar-refractivity contribution in [1.29, 1.82) is 0 Å². The molecule has 1 N–H and O–H groups in total. The van der Waals surface area contributed by atoms with Crippen LogP contribution in [-0.4, -0.2) is 69.7 Å². The number of carbonyl (C=O) groups is 3. The molecule has 1 aromatic heterocycles. The third kappa shape index (κ3) is 4.72. The zero-order chi connectivity index (χ0) is 23.6. The van der Waals surface area contributed by atoms with Crippen molar-refractivity contribution in [3.63, 3.8) is 0 Å². The van der Waals surface area contributed by atoms with E-state index in [0.29, 0.717) is 38.9 Å². The molecule has 3 heterocycles. The third-order valence-electron chi connectivity index (χ3n) is 6.82. The van der Waals surface area contributed by atoms with Crippen LogP contribution in [0, 0.1) is 12.8 Å². The lowest BCUT2D eigenvalue weighted by atomic mass is 9.79. The molecule has 0 bridgehead atoms. The predicted octanol–water partition coefficient (Wildman–Crippen LogP) is 1.99. The van der Waals surface area contributed by atoms with E-state index in [9.17, 15) is 14.4 Å². The van der Waals surface area contributed by atoms with Crippen LogP contribution in [0.25, 0.3) is 0 Å². The Labute approximate surface area is 193 Å². The van der Waals surface area contributed by atoms with Crippen LogP contribution in [0.4, 0.5) is 4.79 Å². The minimum absolute atomic E-state index is 0.0177. The van der Waals surface area contributed by atoms with Crippen molar-refractivity contribution >= 4 is 17.8 Å². The normalized spacial score (nSPS) is 21.4. The summed E-state index contributed by atoms with van der Waals surface area (Å²) in [5.74, 6) is 0.587. The molecular formula is C24H31N5O4. The fourth-order valence-corrected chi connectivity index (χ4v) is 4.72. The second-order valence-corrected chi connectivity index (χ2v) is 9.00. The van der Waals surface area contributed by atoms with E-state index in [-0.39, 0.29) is 30.3 Å². The Kier molecular flexibility index (Phi) is 6.40. The summed E-state index contributed by atoms with van der Waals surface area (Å²) in [6.07, 6.45) is 3.71. The van der Waals surface area contributed by atoms with Gasteiger partial charge in [0.1, 0.15) is 17.8 Å². The summed E-state index contributed by atoms with van der Waals surface area (Å²) in [5, 5.41) is 7.22. The first kappa shape index (κ1) is 22.8. The van der Waals surface area contributed by atoms with Crippen LogP contribution in [0.3, 0.4) is 0 Å². The summed E-state index contributed by atoms with van der Waals surface area (Å²) in [6.45, 7) is 5.37. The topological polar surface area (TPSA) is 96.8 Å². The number of imide groups is 1. The Bertz CT molecular complexity index is 1030. The van der Waals surface area contributed by atoms with Crippen molar-refractivity contribution < 1.29 is 19.1 Å². The van der Waals surface area contributed by atoms with Gasteiger partial charge in [0.25, 0.3) is 5.91 Å². The maximum absolute atomic E-state index is 13.2. The first-order chi connectivity index (χ1) is 15.8. The number of hydrogen-bond donors (Lipinski definition) is 1. The Morgan fingerprint density at radius 2 is 1.88 bits per heavy atom. The van der Waals surface area contributed by atoms with Crippen LogP contribution in [0.1, 0.15) is 31.0 Å². The van der Waals surface area contributed by atoms with Crippen LogP contribution >= 0.6 is 0 Å². The van der Waals surface area contributed by atoms with Gasteiger partial charge in [0, 0.05) is 25.8 Å². The predicted molar refractivity (Wildman–Crippen MR) is 122 cm³/mol. The molecule has 2 aromatic rings. The standard InChI is InChI=1S/C24H31N5O4/c1-17-8-14-28(26-17)16-21(30)27-12-10-19(11-13-27)24(2)22(31)29(23(32)25-24)15-9-18-4-6-20(33-3)7-5-18/h4-8,14,19H,9-13,15-16H2,1-3H3,(H,25,32)/t24-/m0/s1.